The van der Waals surface area contributed by atoms with Gasteiger partial charge < -0.3 is 14.8 Å². The number of para-hydroxylation sites is 1. The van der Waals surface area contributed by atoms with Gasteiger partial charge in [-0.3, -0.25) is 4.90 Å². The molecule has 1 saturated heterocycles. The van der Waals surface area contributed by atoms with Crippen LogP contribution in [0.4, 0.5) is 0 Å². The molecule has 1 N–H and O–H groups in total. The molecule has 186 valence electrons. The second-order valence-electron chi connectivity index (χ2n) is 8.94. The Kier molecular flexibility index (Phi) is 7.85. The summed E-state index contributed by atoms with van der Waals surface area (Å²) in [4.78, 5) is 2.54. The number of piperidine rings is 1. The Balaban J connectivity index is 1.18. The summed E-state index contributed by atoms with van der Waals surface area (Å²) in [7, 11) is 0. The molecule has 8 nitrogen and oxygen atoms in total. The molecule has 1 fully saturated rings. The number of benzene rings is 3. The van der Waals surface area contributed by atoms with Gasteiger partial charge in [-0.15, -0.1) is 0 Å². The van der Waals surface area contributed by atoms with E-state index >= 15 is 0 Å². The first-order valence-corrected chi connectivity index (χ1v) is 12.6. The maximum absolute atomic E-state index is 6.07. The van der Waals surface area contributed by atoms with Crippen molar-refractivity contribution in [2.24, 2.45) is 0 Å². The number of ether oxygens (including phenoxy) is 2. The molecule has 0 bridgehead atoms. The van der Waals surface area contributed by atoms with E-state index < -0.39 is 0 Å². The molecule has 36 heavy (non-hydrogen) atoms. The summed E-state index contributed by atoms with van der Waals surface area (Å²) in [6.45, 7) is 6.54. The van der Waals surface area contributed by atoms with E-state index in [-0.39, 0.29) is 6.01 Å². The lowest BCUT2D eigenvalue weighted by Crippen LogP contribution is -2.41. The molecule has 8 heteroatoms. The molecule has 1 aliphatic rings. The van der Waals surface area contributed by atoms with Gasteiger partial charge in [0.25, 0.3) is 0 Å². The van der Waals surface area contributed by atoms with Gasteiger partial charge in [0, 0.05) is 19.1 Å². The first kappa shape index (κ1) is 24.0. The molecule has 1 aromatic heterocycles. The number of tetrazole rings is 1. The second-order valence-corrected chi connectivity index (χ2v) is 8.94. The molecule has 2 heterocycles. The SMILES string of the molecule is CCOc1cc(CNC2CCN(Cc3ccccc3)CC2)ccc1Oc1nnnn1-c1ccccc1. The van der Waals surface area contributed by atoms with Gasteiger partial charge in [0.1, 0.15) is 0 Å². The number of rotatable bonds is 10. The van der Waals surface area contributed by atoms with Crippen molar-refractivity contribution >= 4 is 0 Å². The zero-order valence-electron chi connectivity index (χ0n) is 20.6. The highest BCUT2D eigenvalue weighted by Crippen LogP contribution is 2.32. The highest BCUT2D eigenvalue weighted by atomic mass is 16.5. The summed E-state index contributed by atoms with van der Waals surface area (Å²) in [6, 6.07) is 27.2. The van der Waals surface area contributed by atoms with E-state index in [2.05, 4.69) is 62.1 Å². The Morgan fingerprint density at radius 3 is 2.39 bits per heavy atom. The first-order chi connectivity index (χ1) is 17.8. The van der Waals surface area contributed by atoms with E-state index in [9.17, 15) is 0 Å². The molecule has 0 aliphatic carbocycles. The summed E-state index contributed by atoms with van der Waals surface area (Å²) in [6.07, 6.45) is 2.29. The Bertz CT molecular complexity index is 1220. The second kappa shape index (κ2) is 11.8. The standard InChI is InChI=1S/C28H32N6O2/c1-2-35-27-19-23(20-29-24-15-17-33(18-16-24)21-22-9-5-3-6-10-22)13-14-26(27)36-28-30-31-32-34(28)25-11-7-4-8-12-25/h3-14,19,24,29H,2,15-18,20-21H2,1H3. The van der Waals surface area contributed by atoms with Gasteiger partial charge in [-0.05, 0) is 78.7 Å². The molecular formula is C28H32N6O2. The Morgan fingerprint density at radius 2 is 1.64 bits per heavy atom. The van der Waals surface area contributed by atoms with Gasteiger partial charge in [0.05, 0.1) is 12.3 Å². The van der Waals surface area contributed by atoms with E-state index in [0.29, 0.717) is 24.1 Å². The van der Waals surface area contributed by atoms with E-state index in [1.54, 1.807) is 4.68 Å². The van der Waals surface area contributed by atoms with Crippen molar-refractivity contribution in [2.45, 2.75) is 38.9 Å². The van der Waals surface area contributed by atoms with Crippen LogP contribution in [0.25, 0.3) is 5.69 Å². The molecule has 0 radical (unpaired) electrons. The number of nitrogens with one attached hydrogen (secondary N) is 1. The summed E-state index contributed by atoms with van der Waals surface area (Å²) < 4.78 is 13.5. The minimum Gasteiger partial charge on any atom is -0.490 e. The van der Waals surface area contributed by atoms with Crippen LogP contribution in [0.1, 0.15) is 30.9 Å². The fraction of sp³-hybridized carbons (Fsp3) is 0.321. The van der Waals surface area contributed by atoms with Crippen LogP contribution in [0.3, 0.4) is 0 Å². The Labute approximate surface area is 211 Å². The van der Waals surface area contributed by atoms with Crippen LogP contribution in [0.2, 0.25) is 0 Å². The summed E-state index contributed by atoms with van der Waals surface area (Å²) in [5.74, 6) is 1.26. The van der Waals surface area contributed by atoms with Crippen molar-refractivity contribution < 1.29 is 9.47 Å². The van der Waals surface area contributed by atoms with Crippen LogP contribution < -0.4 is 14.8 Å². The van der Waals surface area contributed by atoms with Crippen LogP contribution >= 0.6 is 0 Å². The van der Waals surface area contributed by atoms with E-state index in [1.807, 2.05) is 49.4 Å². The molecule has 0 spiro atoms. The number of aromatic nitrogens is 4. The van der Waals surface area contributed by atoms with Gasteiger partial charge in [-0.2, -0.15) is 4.68 Å². The third kappa shape index (κ3) is 6.08. The first-order valence-electron chi connectivity index (χ1n) is 12.6. The van der Waals surface area contributed by atoms with E-state index in [1.165, 1.54) is 5.56 Å². The van der Waals surface area contributed by atoms with Gasteiger partial charge >= 0.3 is 6.01 Å². The van der Waals surface area contributed by atoms with Gasteiger partial charge in [-0.25, -0.2) is 0 Å². The van der Waals surface area contributed by atoms with Crippen molar-refractivity contribution in [3.8, 4) is 23.2 Å². The smallest absolute Gasteiger partial charge is 0.346 e. The fourth-order valence-corrected chi connectivity index (χ4v) is 4.49. The highest BCUT2D eigenvalue weighted by Gasteiger charge is 2.19. The van der Waals surface area contributed by atoms with E-state index in [0.717, 1.165) is 50.3 Å². The minimum absolute atomic E-state index is 0.287. The average Bonchev–Trinajstić information content (AvgIpc) is 3.39. The van der Waals surface area contributed by atoms with Gasteiger partial charge in [0.15, 0.2) is 11.5 Å². The Morgan fingerprint density at radius 1 is 0.889 bits per heavy atom. The normalized spacial score (nSPS) is 14.6. The van der Waals surface area contributed by atoms with Crippen molar-refractivity contribution in [2.75, 3.05) is 19.7 Å². The predicted octanol–water partition coefficient (Wildman–Crippen LogP) is 4.61. The molecule has 0 amide bonds. The summed E-state index contributed by atoms with van der Waals surface area (Å²) >= 11 is 0. The maximum atomic E-state index is 6.07. The summed E-state index contributed by atoms with van der Waals surface area (Å²) in [5.41, 5.74) is 3.36. The average molecular weight is 485 g/mol. The zero-order chi connectivity index (χ0) is 24.6. The topological polar surface area (TPSA) is 77.3 Å². The highest BCUT2D eigenvalue weighted by molar-refractivity contribution is 5.45. The molecule has 0 saturated carbocycles. The number of nitrogens with zero attached hydrogens (tertiary/aromatic N) is 5. The molecule has 5 rings (SSSR count). The van der Waals surface area contributed by atoms with E-state index in [4.69, 9.17) is 9.47 Å². The minimum atomic E-state index is 0.287. The molecular weight excluding hydrogens is 452 g/mol. The number of hydrogen-bond acceptors (Lipinski definition) is 7. The van der Waals surface area contributed by atoms with Crippen molar-refractivity contribution in [3.05, 3.63) is 90.0 Å². The fourth-order valence-electron chi connectivity index (χ4n) is 4.49. The monoisotopic (exact) mass is 484 g/mol. The third-order valence-electron chi connectivity index (χ3n) is 6.38. The quantitative estimate of drug-likeness (QED) is 0.352. The number of likely N-dealkylation sites (tertiary alicyclic amines) is 1. The molecule has 3 aromatic carbocycles. The summed E-state index contributed by atoms with van der Waals surface area (Å²) in [5, 5.41) is 15.6. The van der Waals surface area contributed by atoms with Crippen molar-refractivity contribution in [1.29, 1.82) is 0 Å². The van der Waals surface area contributed by atoms with Crippen LogP contribution in [0.5, 0.6) is 17.5 Å². The zero-order valence-corrected chi connectivity index (χ0v) is 20.6. The van der Waals surface area contributed by atoms with Crippen LogP contribution in [0.15, 0.2) is 78.9 Å². The molecule has 1 aliphatic heterocycles. The van der Waals surface area contributed by atoms with Crippen LogP contribution in [0, 0.1) is 0 Å². The number of hydrogen-bond donors (Lipinski definition) is 1. The molecule has 4 aromatic rings. The van der Waals surface area contributed by atoms with Gasteiger partial charge in [0.2, 0.25) is 0 Å². The maximum Gasteiger partial charge on any atom is 0.346 e. The largest absolute Gasteiger partial charge is 0.490 e. The lowest BCUT2D eigenvalue weighted by atomic mass is 10.0. The lowest BCUT2D eigenvalue weighted by Gasteiger charge is -2.32. The van der Waals surface area contributed by atoms with Crippen LogP contribution in [-0.4, -0.2) is 50.8 Å². The molecule has 0 unspecified atom stereocenters. The van der Waals surface area contributed by atoms with Gasteiger partial charge in [-0.1, -0.05) is 59.7 Å². The predicted molar refractivity (Wildman–Crippen MR) is 138 cm³/mol. The molecule has 0 atom stereocenters. The lowest BCUT2D eigenvalue weighted by molar-refractivity contribution is 0.190. The Hall–Kier alpha value is -3.75. The third-order valence-corrected chi connectivity index (χ3v) is 6.38. The van der Waals surface area contributed by atoms with Crippen molar-refractivity contribution in [1.82, 2.24) is 30.4 Å². The van der Waals surface area contributed by atoms with Crippen LogP contribution in [-0.2, 0) is 13.1 Å². The van der Waals surface area contributed by atoms with Crippen molar-refractivity contribution in [3.63, 3.8) is 0 Å².